The smallest absolute Gasteiger partial charge is 0.153 e. The lowest BCUT2D eigenvalue weighted by Gasteiger charge is -2.30. The minimum absolute atomic E-state index is 0.171. The van der Waals surface area contributed by atoms with Gasteiger partial charge in [-0.15, -0.1) is 0 Å². The number of hydrogen-bond donors (Lipinski definition) is 0. The normalized spacial score (nSPS) is 15.9. The van der Waals surface area contributed by atoms with Gasteiger partial charge in [0.15, 0.2) is 6.17 Å². The summed E-state index contributed by atoms with van der Waals surface area (Å²) in [7, 11) is 0. The van der Waals surface area contributed by atoms with Gasteiger partial charge < -0.3 is 4.90 Å². The van der Waals surface area contributed by atoms with E-state index in [0.29, 0.717) is 5.92 Å². The molecule has 0 amide bonds. The fourth-order valence-corrected chi connectivity index (χ4v) is 4.18. The molecule has 1 aliphatic rings. The fourth-order valence-electron chi connectivity index (χ4n) is 4.18. The van der Waals surface area contributed by atoms with E-state index in [-0.39, 0.29) is 6.17 Å². The average molecular weight is 418 g/mol. The standard InChI is InChI=1S/C29H27N3/c1-3-21(2)22-13-15-27(16-14-22)32-20-24-11-7-8-12-28(24)31-29(32)26-17-25(18-30-19-26)23-9-5-4-6-10-23/h4-21,29H,3H2,1-2H3. The van der Waals surface area contributed by atoms with Gasteiger partial charge in [-0.3, -0.25) is 9.98 Å². The summed E-state index contributed by atoms with van der Waals surface area (Å²) < 4.78 is 0. The van der Waals surface area contributed by atoms with Gasteiger partial charge in [-0.1, -0.05) is 74.5 Å². The van der Waals surface area contributed by atoms with Crippen molar-refractivity contribution in [3.8, 4) is 11.1 Å². The van der Waals surface area contributed by atoms with E-state index in [9.17, 15) is 0 Å². The molecule has 2 atom stereocenters. The number of benzene rings is 3. The van der Waals surface area contributed by atoms with Crippen LogP contribution in [-0.2, 0) is 0 Å². The van der Waals surface area contributed by atoms with Crippen molar-refractivity contribution in [3.05, 3.63) is 119 Å². The Morgan fingerprint density at radius 2 is 1.59 bits per heavy atom. The lowest BCUT2D eigenvalue weighted by Crippen LogP contribution is -2.37. The molecule has 0 saturated heterocycles. The number of hydrogen-bond acceptors (Lipinski definition) is 3. The van der Waals surface area contributed by atoms with E-state index in [2.05, 4.69) is 103 Å². The van der Waals surface area contributed by atoms with E-state index < -0.39 is 0 Å². The Morgan fingerprint density at radius 1 is 0.844 bits per heavy atom. The summed E-state index contributed by atoms with van der Waals surface area (Å²) in [5, 5.41) is 2.14. The second-order valence-electron chi connectivity index (χ2n) is 8.37. The van der Waals surface area contributed by atoms with Gasteiger partial charge in [0, 0.05) is 40.6 Å². The van der Waals surface area contributed by atoms with Crippen molar-refractivity contribution >= 4 is 11.9 Å². The number of fused-ring (bicyclic) bond motifs is 1. The highest BCUT2D eigenvalue weighted by Crippen LogP contribution is 2.32. The second kappa shape index (κ2) is 8.80. The van der Waals surface area contributed by atoms with Crippen LogP contribution in [0.15, 0.2) is 102 Å². The number of aromatic nitrogens is 1. The highest BCUT2D eigenvalue weighted by molar-refractivity contribution is 5.65. The van der Waals surface area contributed by atoms with E-state index in [1.807, 2.05) is 24.5 Å². The number of anilines is 1. The first kappa shape index (κ1) is 20.2. The van der Waals surface area contributed by atoms with Crippen LogP contribution in [0.2, 0.25) is 0 Å². The Kier molecular flexibility index (Phi) is 5.55. The zero-order valence-electron chi connectivity index (χ0n) is 18.5. The van der Waals surface area contributed by atoms with E-state index >= 15 is 0 Å². The molecule has 32 heavy (non-hydrogen) atoms. The molecule has 1 aliphatic heterocycles. The summed E-state index contributed by atoms with van der Waals surface area (Å²) in [6.45, 7) is 4.51. The zero-order chi connectivity index (χ0) is 21.9. The molecule has 2 heterocycles. The van der Waals surface area contributed by atoms with E-state index in [1.165, 1.54) is 5.56 Å². The summed E-state index contributed by atoms with van der Waals surface area (Å²) in [6.07, 6.45) is 7.03. The number of para-hydroxylation sites is 1. The first-order chi connectivity index (χ1) is 15.7. The fraction of sp³-hybridized carbons (Fsp3) is 0.172. The van der Waals surface area contributed by atoms with Crippen molar-refractivity contribution < 1.29 is 0 Å². The Labute approximate surface area is 189 Å². The van der Waals surface area contributed by atoms with Crippen LogP contribution in [0, 0.1) is 0 Å². The molecule has 5 rings (SSSR count). The van der Waals surface area contributed by atoms with Crippen LogP contribution in [0.1, 0.15) is 43.5 Å². The van der Waals surface area contributed by atoms with Gasteiger partial charge in [0.05, 0.1) is 5.36 Å². The summed E-state index contributed by atoms with van der Waals surface area (Å²) in [5.74, 6) is 0.558. The maximum Gasteiger partial charge on any atom is 0.153 e. The molecule has 0 fully saturated rings. The first-order valence-corrected chi connectivity index (χ1v) is 11.3. The van der Waals surface area contributed by atoms with Crippen LogP contribution in [0.5, 0.6) is 0 Å². The average Bonchev–Trinajstić information content (AvgIpc) is 2.88. The molecule has 0 N–H and O–H groups in total. The Bertz CT molecular complexity index is 1330. The lowest BCUT2D eigenvalue weighted by molar-refractivity contribution is 0.708. The molecule has 2 unspecified atom stereocenters. The molecule has 0 radical (unpaired) electrons. The Balaban J connectivity index is 1.60. The molecule has 3 heteroatoms. The second-order valence-corrected chi connectivity index (χ2v) is 8.37. The molecule has 0 aliphatic carbocycles. The lowest BCUT2D eigenvalue weighted by atomic mass is 9.98. The summed E-state index contributed by atoms with van der Waals surface area (Å²) in [5.41, 5.74) is 5.83. The van der Waals surface area contributed by atoms with Crippen molar-refractivity contribution in [1.29, 1.82) is 0 Å². The Hall–Kier alpha value is -3.72. The number of pyridine rings is 1. The molecule has 0 saturated carbocycles. The van der Waals surface area contributed by atoms with Gasteiger partial charge >= 0.3 is 0 Å². The molecule has 1 aromatic heterocycles. The van der Waals surface area contributed by atoms with Gasteiger partial charge in [-0.05, 0) is 47.7 Å². The van der Waals surface area contributed by atoms with Gasteiger partial charge in [-0.2, -0.15) is 0 Å². The van der Waals surface area contributed by atoms with E-state index in [0.717, 1.165) is 39.4 Å². The van der Waals surface area contributed by atoms with Crippen LogP contribution < -0.4 is 15.5 Å². The molecule has 0 spiro atoms. The highest BCUT2D eigenvalue weighted by Gasteiger charge is 2.22. The minimum atomic E-state index is -0.171. The first-order valence-electron chi connectivity index (χ1n) is 11.3. The molecule has 3 aromatic carbocycles. The third-order valence-corrected chi connectivity index (χ3v) is 6.28. The highest BCUT2D eigenvalue weighted by atomic mass is 15.2. The summed E-state index contributed by atoms with van der Waals surface area (Å²) in [6, 6.07) is 29.8. The number of rotatable bonds is 5. The predicted octanol–water partition coefficient (Wildman–Crippen LogP) is 5.84. The van der Waals surface area contributed by atoms with Crippen molar-refractivity contribution in [3.63, 3.8) is 0 Å². The van der Waals surface area contributed by atoms with Crippen molar-refractivity contribution in [2.75, 3.05) is 4.90 Å². The Morgan fingerprint density at radius 3 is 2.38 bits per heavy atom. The van der Waals surface area contributed by atoms with Gasteiger partial charge in [0.25, 0.3) is 0 Å². The molecular formula is C29H27N3. The summed E-state index contributed by atoms with van der Waals surface area (Å²) in [4.78, 5) is 12.0. The van der Waals surface area contributed by atoms with Crippen LogP contribution in [0.25, 0.3) is 17.3 Å². The SMILES string of the molecule is CCC(C)c1ccc(N2C=c3ccccc3=NC2c2cncc(-c3ccccc3)c2)cc1. The molecule has 4 aromatic rings. The zero-order valence-corrected chi connectivity index (χ0v) is 18.5. The largest absolute Gasteiger partial charge is 0.321 e. The molecule has 0 bridgehead atoms. The van der Waals surface area contributed by atoms with E-state index in [1.54, 1.807) is 0 Å². The molecule has 3 nitrogen and oxygen atoms in total. The quantitative estimate of drug-likeness (QED) is 0.408. The molecule has 158 valence electrons. The third-order valence-electron chi connectivity index (χ3n) is 6.28. The minimum Gasteiger partial charge on any atom is -0.321 e. The predicted molar refractivity (Wildman–Crippen MR) is 132 cm³/mol. The molecular weight excluding hydrogens is 390 g/mol. The monoisotopic (exact) mass is 417 g/mol. The van der Waals surface area contributed by atoms with Gasteiger partial charge in [-0.25, -0.2) is 0 Å². The van der Waals surface area contributed by atoms with Crippen LogP contribution in [-0.4, -0.2) is 4.98 Å². The maximum absolute atomic E-state index is 5.14. The van der Waals surface area contributed by atoms with Crippen molar-refractivity contribution in [2.45, 2.75) is 32.4 Å². The topological polar surface area (TPSA) is 28.5 Å². The van der Waals surface area contributed by atoms with E-state index in [4.69, 9.17) is 4.99 Å². The van der Waals surface area contributed by atoms with Crippen LogP contribution in [0.3, 0.4) is 0 Å². The van der Waals surface area contributed by atoms with Crippen LogP contribution >= 0.6 is 0 Å². The van der Waals surface area contributed by atoms with Gasteiger partial charge in [0.1, 0.15) is 0 Å². The number of nitrogens with zero attached hydrogens (tertiary/aromatic N) is 3. The van der Waals surface area contributed by atoms with Crippen molar-refractivity contribution in [2.24, 2.45) is 4.99 Å². The third kappa shape index (κ3) is 3.94. The van der Waals surface area contributed by atoms with Crippen molar-refractivity contribution in [1.82, 2.24) is 4.98 Å². The van der Waals surface area contributed by atoms with Crippen LogP contribution in [0.4, 0.5) is 5.69 Å². The summed E-state index contributed by atoms with van der Waals surface area (Å²) >= 11 is 0. The maximum atomic E-state index is 5.14. The van der Waals surface area contributed by atoms with Gasteiger partial charge in [0.2, 0.25) is 0 Å².